The predicted octanol–water partition coefficient (Wildman–Crippen LogP) is 2.70. The van der Waals surface area contributed by atoms with Crippen LogP contribution < -0.4 is 14.8 Å². The Labute approximate surface area is 108 Å². The van der Waals surface area contributed by atoms with Crippen LogP contribution in [0.25, 0.3) is 0 Å². The number of piperidine rings is 1. The highest BCUT2D eigenvalue weighted by Gasteiger charge is 2.28. The van der Waals surface area contributed by atoms with Gasteiger partial charge in [-0.15, -0.1) is 0 Å². The van der Waals surface area contributed by atoms with Gasteiger partial charge in [-0.25, -0.2) is 0 Å². The summed E-state index contributed by atoms with van der Waals surface area (Å²) in [6, 6.07) is 6.26. The number of para-hydroxylation sites is 1. The first-order valence-corrected chi connectivity index (χ1v) is 6.92. The van der Waals surface area contributed by atoms with E-state index in [1.165, 1.54) is 31.2 Å². The predicted molar refractivity (Wildman–Crippen MR) is 71.5 cm³/mol. The average Bonchev–Trinajstić information content (AvgIpc) is 3.24. The fourth-order valence-electron chi connectivity index (χ4n) is 2.61. The van der Waals surface area contributed by atoms with E-state index in [-0.39, 0.29) is 0 Å². The van der Waals surface area contributed by atoms with Crippen LogP contribution in [0.5, 0.6) is 11.5 Å². The molecule has 0 amide bonds. The van der Waals surface area contributed by atoms with Gasteiger partial charge in [-0.1, -0.05) is 12.1 Å². The summed E-state index contributed by atoms with van der Waals surface area (Å²) in [5, 5.41) is 3.47. The van der Waals surface area contributed by atoms with E-state index in [1.54, 1.807) is 7.11 Å². The summed E-state index contributed by atoms with van der Waals surface area (Å²) in [5.41, 5.74) is 1.31. The first-order chi connectivity index (χ1) is 8.88. The molecule has 3 nitrogen and oxygen atoms in total. The van der Waals surface area contributed by atoms with Crippen molar-refractivity contribution in [3.8, 4) is 11.5 Å². The molecular formula is C15H21NO2. The van der Waals surface area contributed by atoms with Gasteiger partial charge in [0.15, 0.2) is 11.5 Å². The van der Waals surface area contributed by atoms with Gasteiger partial charge in [0.25, 0.3) is 0 Å². The second-order valence-corrected chi connectivity index (χ2v) is 5.24. The molecule has 0 spiro atoms. The van der Waals surface area contributed by atoms with Crippen molar-refractivity contribution in [1.82, 2.24) is 5.32 Å². The van der Waals surface area contributed by atoms with E-state index in [4.69, 9.17) is 9.47 Å². The third-order valence-corrected chi connectivity index (χ3v) is 3.77. The molecule has 2 fully saturated rings. The summed E-state index contributed by atoms with van der Waals surface area (Å²) in [5.74, 6) is 2.42. The Bertz CT molecular complexity index is 409. The Morgan fingerprint density at radius 1 is 1.22 bits per heavy atom. The summed E-state index contributed by atoms with van der Waals surface area (Å²) in [7, 11) is 1.72. The molecule has 0 radical (unpaired) electrons. The van der Waals surface area contributed by atoms with Crippen LogP contribution in [0.2, 0.25) is 0 Å². The summed E-state index contributed by atoms with van der Waals surface area (Å²) in [6.45, 7) is 2.19. The van der Waals surface area contributed by atoms with Crippen LogP contribution in [0.15, 0.2) is 18.2 Å². The summed E-state index contributed by atoms with van der Waals surface area (Å²) < 4.78 is 11.5. The fraction of sp³-hybridized carbons (Fsp3) is 0.600. The van der Waals surface area contributed by atoms with Gasteiger partial charge in [0.05, 0.1) is 13.2 Å². The van der Waals surface area contributed by atoms with Crippen molar-refractivity contribution < 1.29 is 9.47 Å². The number of benzene rings is 1. The van der Waals surface area contributed by atoms with Gasteiger partial charge in [-0.05, 0) is 38.3 Å². The zero-order valence-corrected chi connectivity index (χ0v) is 10.9. The number of rotatable bonds is 4. The van der Waals surface area contributed by atoms with Crippen LogP contribution in [0, 0.1) is 0 Å². The molecule has 0 aromatic heterocycles. The van der Waals surface area contributed by atoms with Gasteiger partial charge in [0.2, 0.25) is 0 Å². The molecule has 2 aliphatic rings. The van der Waals surface area contributed by atoms with Crippen molar-refractivity contribution in [2.45, 2.75) is 37.7 Å². The van der Waals surface area contributed by atoms with Crippen molar-refractivity contribution in [2.75, 3.05) is 20.2 Å². The first kappa shape index (κ1) is 11.8. The Kier molecular flexibility index (Phi) is 3.41. The average molecular weight is 247 g/mol. The lowest BCUT2D eigenvalue weighted by molar-refractivity contribution is 0.275. The molecular weight excluding hydrogens is 226 g/mol. The molecule has 1 aromatic carbocycles. The Morgan fingerprint density at radius 2 is 2.11 bits per heavy atom. The Balaban J connectivity index is 1.89. The number of hydrogen-bond donors (Lipinski definition) is 1. The second kappa shape index (κ2) is 5.19. The lowest BCUT2D eigenvalue weighted by Gasteiger charge is -2.26. The third-order valence-electron chi connectivity index (χ3n) is 3.77. The normalized spacial score (nSPS) is 23.7. The summed E-state index contributed by atoms with van der Waals surface area (Å²) in [4.78, 5) is 0. The first-order valence-electron chi connectivity index (χ1n) is 6.92. The van der Waals surface area contributed by atoms with Crippen LogP contribution in [-0.4, -0.2) is 26.3 Å². The Hall–Kier alpha value is -1.22. The molecule has 0 bridgehead atoms. The maximum absolute atomic E-state index is 6.08. The maximum atomic E-state index is 6.08. The van der Waals surface area contributed by atoms with Gasteiger partial charge >= 0.3 is 0 Å². The minimum atomic E-state index is 0.414. The second-order valence-electron chi connectivity index (χ2n) is 5.24. The van der Waals surface area contributed by atoms with E-state index in [9.17, 15) is 0 Å². The van der Waals surface area contributed by atoms with Gasteiger partial charge in [0, 0.05) is 18.0 Å². The summed E-state index contributed by atoms with van der Waals surface area (Å²) in [6.07, 6.45) is 5.25. The maximum Gasteiger partial charge on any atom is 0.165 e. The van der Waals surface area contributed by atoms with E-state index >= 15 is 0 Å². The molecule has 1 atom stereocenters. The van der Waals surface area contributed by atoms with E-state index in [0.29, 0.717) is 12.0 Å². The molecule has 1 aliphatic heterocycles. The van der Waals surface area contributed by atoms with Gasteiger partial charge in [-0.3, -0.25) is 0 Å². The lowest BCUT2D eigenvalue weighted by atomic mass is 9.91. The van der Waals surface area contributed by atoms with Crippen LogP contribution in [-0.2, 0) is 0 Å². The van der Waals surface area contributed by atoms with Crippen molar-refractivity contribution in [2.24, 2.45) is 0 Å². The van der Waals surface area contributed by atoms with Gasteiger partial charge in [0.1, 0.15) is 0 Å². The van der Waals surface area contributed by atoms with Gasteiger partial charge in [-0.2, -0.15) is 0 Å². The smallest absolute Gasteiger partial charge is 0.165 e. The highest BCUT2D eigenvalue weighted by atomic mass is 16.5. The standard InChI is InChI=1S/C15H21NO2/c1-17-14-6-2-5-13(11-4-3-9-16-10-11)15(14)18-12-7-8-12/h2,5-6,11-12,16H,3-4,7-10H2,1H3. The monoisotopic (exact) mass is 247 g/mol. The largest absolute Gasteiger partial charge is 0.493 e. The number of hydrogen-bond acceptors (Lipinski definition) is 3. The number of ether oxygens (including phenoxy) is 2. The molecule has 1 aliphatic carbocycles. The van der Waals surface area contributed by atoms with E-state index in [2.05, 4.69) is 17.4 Å². The van der Waals surface area contributed by atoms with E-state index in [1.807, 2.05) is 6.07 Å². The lowest BCUT2D eigenvalue weighted by Crippen LogP contribution is -2.28. The molecule has 3 rings (SSSR count). The van der Waals surface area contributed by atoms with Gasteiger partial charge < -0.3 is 14.8 Å². The molecule has 1 unspecified atom stereocenters. The zero-order valence-electron chi connectivity index (χ0n) is 10.9. The minimum absolute atomic E-state index is 0.414. The molecule has 1 saturated heterocycles. The molecule has 18 heavy (non-hydrogen) atoms. The van der Waals surface area contributed by atoms with Crippen molar-refractivity contribution >= 4 is 0 Å². The molecule has 98 valence electrons. The molecule has 1 N–H and O–H groups in total. The molecule has 3 heteroatoms. The van der Waals surface area contributed by atoms with Crippen molar-refractivity contribution in [3.63, 3.8) is 0 Å². The number of methoxy groups -OCH3 is 1. The quantitative estimate of drug-likeness (QED) is 0.887. The van der Waals surface area contributed by atoms with Crippen LogP contribution in [0.3, 0.4) is 0 Å². The SMILES string of the molecule is COc1cccc(C2CCCNC2)c1OC1CC1. The zero-order chi connectivity index (χ0) is 12.4. The fourth-order valence-corrected chi connectivity index (χ4v) is 2.61. The van der Waals surface area contributed by atoms with E-state index in [0.717, 1.165) is 24.6 Å². The van der Waals surface area contributed by atoms with Crippen LogP contribution in [0.1, 0.15) is 37.2 Å². The highest BCUT2D eigenvalue weighted by molar-refractivity contribution is 5.49. The minimum Gasteiger partial charge on any atom is -0.493 e. The molecule has 1 heterocycles. The van der Waals surface area contributed by atoms with Crippen LogP contribution >= 0.6 is 0 Å². The topological polar surface area (TPSA) is 30.5 Å². The third kappa shape index (κ3) is 2.46. The Morgan fingerprint density at radius 3 is 2.78 bits per heavy atom. The van der Waals surface area contributed by atoms with Crippen LogP contribution in [0.4, 0.5) is 0 Å². The highest BCUT2D eigenvalue weighted by Crippen LogP contribution is 2.41. The molecule has 1 aromatic rings. The number of nitrogens with one attached hydrogen (secondary N) is 1. The molecule has 1 saturated carbocycles. The van der Waals surface area contributed by atoms with Crippen molar-refractivity contribution in [1.29, 1.82) is 0 Å². The summed E-state index contributed by atoms with van der Waals surface area (Å²) >= 11 is 0. The van der Waals surface area contributed by atoms with Crippen molar-refractivity contribution in [3.05, 3.63) is 23.8 Å². The van der Waals surface area contributed by atoms with E-state index < -0.39 is 0 Å².